The Morgan fingerprint density at radius 2 is 1.90 bits per heavy atom. The van der Waals surface area contributed by atoms with Gasteiger partial charge in [-0.1, -0.05) is 18.2 Å². The number of benzene rings is 1. The third-order valence-electron chi connectivity index (χ3n) is 2.55. The van der Waals surface area contributed by atoms with E-state index in [9.17, 15) is 5.11 Å². The van der Waals surface area contributed by atoms with Crippen molar-refractivity contribution in [2.24, 2.45) is 5.10 Å². The van der Waals surface area contributed by atoms with Crippen molar-refractivity contribution in [2.75, 3.05) is 5.43 Å². The van der Waals surface area contributed by atoms with Crippen molar-refractivity contribution in [1.82, 2.24) is 0 Å². The van der Waals surface area contributed by atoms with Gasteiger partial charge in [0.2, 0.25) is 5.71 Å². The first-order valence-electron chi connectivity index (χ1n) is 5.70. The van der Waals surface area contributed by atoms with Gasteiger partial charge in [-0.15, -0.1) is 11.3 Å². The van der Waals surface area contributed by atoms with E-state index in [1.165, 1.54) is 11.3 Å². The molecule has 5 nitrogen and oxygen atoms in total. The highest BCUT2D eigenvalue weighted by Gasteiger charge is 2.10. The molecule has 6 heteroatoms. The molecule has 1 aromatic heterocycles. The summed E-state index contributed by atoms with van der Waals surface area (Å²) >= 11 is 1.49. The molecule has 1 atom stereocenters. The number of hydrazone groups is 1. The first-order valence-corrected chi connectivity index (χ1v) is 6.58. The Bertz CT molecular complexity index is 661. The largest absolute Gasteiger partial charge is 0.383 e. The van der Waals surface area contributed by atoms with E-state index in [2.05, 4.69) is 10.5 Å². The number of aliphatic hydroxyl groups is 1. The van der Waals surface area contributed by atoms with E-state index < -0.39 is 6.10 Å². The summed E-state index contributed by atoms with van der Waals surface area (Å²) in [6, 6.07) is 14.1. The summed E-state index contributed by atoms with van der Waals surface area (Å²) in [5.41, 5.74) is 3.77. The van der Waals surface area contributed by atoms with Gasteiger partial charge < -0.3 is 5.11 Å². The zero-order valence-electron chi connectivity index (χ0n) is 10.3. The van der Waals surface area contributed by atoms with Crippen molar-refractivity contribution < 1.29 is 5.11 Å². The van der Waals surface area contributed by atoms with Gasteiger partial charge in [0.1, 0.15) is 18.2 Å². The molecule has 0 saturated carbocycles. The molecule has 0 saturated heterocycles. The van der Waals surface area contributed by atoms with Gasteiger partial charge in [0.25, 0.3) is 0 Å². The summed E-state index contributed by atoms with van der Waals surface area (Å²) < 4.78 is 0. The normalized spacial score (nSPS) is 10.9. The van der Waals surface area contributed by atoms with Gasteiger partial charge in [-0.3, -0.25) is 5.43 Å². The van der Waals surface area contributed by atoms with Crippen molar-refractivity contribution in [3.8, 4) is 12.1 Å². The smallest absolute Gasteiger partial charge is 0.237 e. The molecule has 0 fully saturated rings. The second kappa shape index (κ2) is 6.48. The van der Waals surface area contributed by atoms with Crippen molar-refractivity contribution in [1.29, 1.82) is 10.5 Å². The van der Waals surface area contributed by atoms with E-state index in [4.69, 9.17) is 10.5 Å². The molecule has 0 bridgehead atoms. The standard InChI is InChI=1S/C14H10N4OS/c15-8-12(9-16)18-17-11-5-3-10(4-6-11)14(19)13-2-1-7-20-13/h1-7,14,17,19H. The van der Waals surface area contributed by atoms with Crippen molar-refractivity contribution in [3.05, 3.63) is 52.2 Å². The van der Waals surface area contributed by atoms with Crippen molar-refractivity contribution in [3.63, 3.8) is 0 Å². The minimum absolute atomic E-state index is 0.243. The highest BCUT2D eigenvalue weighted by molar-refractivity contribution is 7.10. The van der Waals surface area contributed by atoms with Crippen LogP contribution in [0.5, 0.6) is 0 Å². The Labute approximate surface area is 120 Å². The SMILES string of the molecule is N#CC(C#N)=NNc1ccc(C(O)c2cccs2)cc1. The minimum atomic E-state index is -0.652. The van der Waals surface area contributed by atoms with E-state index in [0.717, 1.165) is 10.4 Å². The Balaban J connectivity index is 2.10. The number of nitrogens with one attached hydrogen (secondary N) is 1. The van der Waals surface area contributed by atoms with Gasteiger partial charge in [-0.05, 0) is 29.1 Å². The van der Waals surface area contributed by atoms with Crippen LogP contribution < -0.4 is 5.43 Å². The van der Waals surface area contributed by atoms with Gasteiger partial charge in [-0.25, -0.2) is 0 Å². The third-order valence-corrected chi connectivity index (χ3v) is 3.47. The molecular weight excluding hydrogens is 272 g/mol. The summed E-state index contributed by atoms with van der Waals surface area (Å²) in [6.07, 6.45) is -0.652. The number of hydrogen-bond acceptors (Lipinski definition) is 6. The summed E-state index contributed by atoms with van der Waals surface area (Å²) in [5, 5.41) is 32.8. The van der Waals surface area contributed by atoms with Crippen molar-refractivity contribution in [2.45, 2.75) is 6.10 Å². The molecule has 1 unspecified atom stereocenters. The van der Waals surface area contributed by atoms with Crippen LogP contribution >= 0.6 is 11.3 Å². The Kier molecular flexibility index (Phi) is 4.46. The highest BCUT2D eigenvalue weighted by Crippen LogP contribution is 2.26. The van der Waals surface area contributed by atoms with Gasteiger partial charge in [0.15, 0.2) is 0 Å². The molecule has 0 amide bonds. The summed E-state index contributed by atoms with van der Waals surface area (Å²) in [5.74, 6) is 0. The molecule has 0 radical (unpaired) electrons. The van der Waals surface area contributed by atoms with Crippen LogP contribution in [0.4, 0.5) is 5.69 Å². The van der Waals surface area contributed by atoms with Crippen LogP contribution in [0.1, 0.15) is 16.5 Å². The van der Waals surface area contributed by atoms with Crippen LogP contribution in [0.3, 0.4) is 0 Å². The second-order valence-corrected chi connectivity index (χ2v) is 4.82. The minimum Gasteiger partial charge on any atom is -0.383 e. The average molecular weight is 282 g/mol. The predicted molar refractivity (Wildman–Crippen MR) is 77.1 cm³/mol. The molecular formula is C14H10N4OS. The molecule has 0 aliphatic carbocycles. The van der Waals surface area contributed by atoms with E-state index in [1.54, 1.807) is 36.4 Å². The number of nitrogens with zero attached hydrogens (tertiary/aromatic N) is 3. The third kappa shape index (κ3) is 3.21. The number of hydrogen-bond donors (Lipinski definition) is 2. The van der Waals surface area contributed by atoms with Gasteiger partial charge >= 0.3 is 0 Å². The number of thiophene rings is 1. The average Bonchev–Trinajstić information content (AvgIpc) is 3.02. The first kappa shape index (κ1) is 13.8. The quantitative estimate of drug-likeness (QED) is 0.666. The Morgan fingerprint density at radius 3 is 2.45 bits per heavy atom. The maximum Gasteiger partial charge on any atom is 0.237 e. The van der Waals surface area contributed by atoms with Crippen molar-refractivity contribution >= 4 is 22.7 Å². The Hall–Kier alpha value is -2.67. The maximum atomic E-state index is 10.1. The fraction of sp³-hybridized carbons (Fsp3) is 0.0714. The molecule has 20 heavy (non-hydrogen) atoms. The van der Waals surface area contributed by atoms with E-state index >= 15 is 0 Å². The molecule has 0 spiro atoms. The fourth-order valence-electron chi connectivity index (χ4n) is 1.55. The fourth-order valence-corrected chi connectivity index (χ4v) is 2.28. The zero-order chi connectivity index (χ0) is 14.4. The lowest BCUT2D eigenvalue weighted by Crippen LogP contribution is -1.99. The number of anilines is 1. The van der Waals surface area contributed by atoms with Crippen LogP contribution in [0.15, 0.2) is 46.9 Å². The van der Waals surface area contributed by atoms with E-state index in [0.29, 0.717) is 5.69 Å². The summed E-state index contributed by atoms with van der Waals surface area (Å²) in [7, 11) is 0. The predicted octanol–water partition coefficient (Wildman–Crippen LogP) is 2.64. The van der Waals surface area contributed by atoms with Crippen LogP contribution in [-0.2, 0) is 0 Å². The lowest BCUT2D eigenvalue weighted by Gasteiger charge is -2.09. The Morgan fingerprint density at radius 1 is 1.20 bits per heavy atom. The molecule has 2 aromatic rings. The summed E-state index contributed by atoms with van der Waals surface area (Å²) in [4.78, 5) is 0.875. The molecule has 0 aliphatic heterocycles. The van der Waals surface area contributed by atoms with E-state index in [-0.39, 0.29) is 5.71 Å². The molecule has 2 N–H and O–H groups in total. The van der Waals surface area contributed by atoms with Crippen LogP contribution in [0.2, 0.25) is 0 Å². The number of rotatable bonds is 4. The van der Waals surface area contributed by atoms with E-state index in [1.807, 2.05) is 17.5 Å². The molecule has 2 rings (SSSR count). The molecule has 1 aromatic carbocycles. The molecule has 98 valence electrons. The zero-order valence-corrected chi connectivity index (χ0v) is 11.1. The van der Waals surface area contributed by atoms with Crippen LogP contribution in [0.25, 0.3) is 0 Å². The monoisotopic (exact) mass is 282 g/mol. The van der Waals surface area contributed by atoms with Gasteiger partial charge in [-0.2, -0.15) is 15.6 Å². The number of aliphatic hydroxyl groups excluding tert-OH is 1. The first-order chi connectivity index (χ1) is 9.74. The van der Waals surface area contributed by atoms with Gasteiger partial charge in [0, 0.05) is 4.88 Å². The number of nitriles is 2. The second-order valence-electron chi connectivity index (χ2n) is 3.84. The van der Waals surface area contributed by atoms with Crippen LogP contribution in [-0.4, -0.2) is 10.8 Å². The summed E-state index contributed by atoms with van der Waals surface area (Å²) in [6.45, 7) is 0. The highest BCUT2D eigenvalue weighted by atomic mass is 32.1. The molecule has 0 aliphatic rings. The lowest BCUT2D eigenvalue weighted by molar-refractivity contribution is 0.224. The topological polar surface area (TPSA) is 92.2 Å². The maximum absolute atomic E-state index is 10.1. The lowest BCUT2D eigenvalue weighted by atomic mass is 10.1. The van der Waals surface area contributed by atoms with Crippen LogP contribution in [0, 0.1) is 22.7 Å². The van der Waals surface area contributed by atoms with Gasteiger partial charge in [0.05, 0.1) is 5.69 Å². The molecule has 1 heterocycles.